The molecule has 0 amide bonds. The third-order valence-corrected chi connectivity index (χ3v) is 2.50. The van der Waals surface area contributed by atoms with Crippen molar-refractivity contribution in [3.8, 4) is 0 Å². The van der Waals surface area contributed by atoms with Crippen molar-refractivity contribution in [2.75, 3.05) is 7.05 Å². The van der Waals surface area contributed by atoms with Gasteiger partial charge >= 0.3 is 0 Å². The van der Waals surface area contributed by atoms with Gasteiger partial charge in [-0.05, 0) is 19.9 Å². The Balaban J connectivity index is 4.13. The van der Waals surface area contributed by atoms with Crippen molar-refractivity contribution < 1.29 is 9.90 Å². The van der Waals surface area contributed by atoms with Crippen LogP contribution in [0.4, 0.5) is 0 Å². The van der Waals surface area contributed by atoms with Crippen LogP contribution in [0.1, 0.15) is 33.6 Å². The van der Waals surface area contributed by atoms with Crippen molar-refractivity contribution in [2.24, 2.45) is 5.92 Å². The number of carbonyl (C=O) groups is 1. The molecule has 0 saturated heterocycles. The van der Waals surface area contributed by atoms with E-state index in [4.69, 9.17) is 0 Å². The normalized spacial score (nSPS) is 17.9. The summed E-state index contributed by atoms with van der Waals surface area (Å²) < 4.78 is 0. The Morgan fingerprint density at radius 3 is 2.38 bits per heavy atom. The van der Waals surface area contributed by atoms with E-state index in [1.54, 1.807) is 0 Å². The number of nitrogens with one attached hydrogen (secondary N) is 1. The number of ketones is 1. The van der Waals surface area contributed by atoms with Crippen molar-refractivity contribution in [3.05, 3.63) is 0 Å². The van der Waals surface area contributed by atoms with E-state index in [2.05, 4.69) is 19.2 Å². The number of Topliss-reactive ketones (excluding diaryl/α,β-unsaturated/α-hetero) is 1. The summed E-state index contributed by atoms with van der Waals surface area (Å²) in [5.74, 6) is 0.426. The maximum absolute atomic E-state index is 10.8. The summed E-state index contributed by atoms with van der Waals surface area (Å²) in [4.78, 5) is 10.8. The van der Waals surface area contributed by atoms with E-state index in [0.717, 1.165) is 6.42 Å². The second-order valence-electron chi connectivity index (χ2n) is 3.67. The number of aliphatic hydroxyl groups is 1. The van der Waals surface area contributed by atoms with Crippen LogP contribution < -0.4 is 5.32 Å². The zero-order valence-electron chi connectivity index (χ0n) is 9.00. The molecule has 0 saturated carbocycles. The van der Waals surface area contributed by atoms with E-state index in [1.807, 2.05) is 7.05 Å². The Hall–Kier alpha value is -0.410. The second-order valence-corrected chi connectivity index (χ2v) is 3.67. The molecule has 0 aliphatic rings. The molecule has 0 heterocycles. The molecule has 0 aromatic heterocycles. The van der Waals surface area contributed by atoms with Crippen molar-refractivity contribution in [1.29, 1.82) is 0 Å². The Bertz CT molecular complexity index is 159. The molecule has 0 spiro atoms. The minimum absolute atomic E-state index is 0.0221. The first-order valence-corrected chi connectivity index (χ1v) is 4.87. The Kier molecular flexibility index (Phi) is 5.91. The van der Waals surface area contributed by atoms with E-state index in [1.165, 1.54) is 6.92 Å². The molecule has 0 aromatic carbocycles. The molecule has 3 heteroatoms. The van der Waals surface area contributed by atoms with Gasteiger partial charge in [0.25, 0.3) is 0 Å². The lowest BCUT2D eigenvalue weighted by Crippen LogP contribution is -2.43. The average molecular weight is 187 g/mol. The van der Waals surface area contributed by atoms with Gasteiger partial charge in [0, 0.05) is 12.5 Å². The van der Waals surface area contributed by atoms with Gasteiger partial charge in [0.15, 0.2) is 0 Å². The van der Waals surface area contributed by atoms with Gasteiger partial charge in [-0.1, -0.05) is 20.3 Å². The van der Waals surface area contributed by atoms with Gasteiger partial charge in [-0.2, -0.15) is 0 Å². The highest BCUT2D eigenvalue weighted by Gasteiger charge is 2.23. The van der Waals surface area contributed by atoms with Crippen LogP contribution in [0.3, 0.4) is 0 Å². The van der Waals surface area contributed by atoms with Crippen molar-refractivity contribution in [3.63, 3.8) is 0 Å². The highest BCUT2D eigenvalue weighted by atomic mass is 16.3. The van der Waals surface area contributed by atoms with E-state index in [0.29, 0.717) is 5.92 Å². The Labute approximate surface area is 80.5 Å². The summed E-state index contributed by atoms with van der Waals surface area (Å²) in [6, 6.07) is 0.0221. The molecule has 13 heavy (non-hydrogen) atoms. The fraction of sp³-hybridized carbons (Fsp3) is 0.900. The quantitative estimate of drug-likeness (QED) is 0.651. The van der Waals surface area contributed by atoms with E-state index in [-0.39, 0.29) is 18.2 Å². The molecule has 2 N–H and O–H groups in total. The predicted octanol–water partition coefficient (Wildman–Crippen LogP) is 0.960. The van der Waals surface area contributed by atoms with Gasteiger partial charge in [0.05, 0.1) is 6.10 Å². The van der Waals surface area contributed by atoms with Crippen LogP contribution in [0.15, 0.2) is 0 Å². The molecular weight excluding hydrogens is 166 g/mol. The van der Waals surface area contributed by atoms with E-state index < -0.39 is 6.10 Å². The van der Waals surface area contributed by atoms with Gasteiger partial charge in [0.2, 0.25) is 0 Å². The average Bonchev–Trinajstić information content (AvgIpc) is 2.03. The maximum Gasteiger partial charge on any atom is 0.132 e. The van der Waals surface area contributed by atoms with Crippen LogP contribution in [0, 0.1) is 5.92 Å². The summed E-state index contributed by atoms with van der Waals surface area (Å²) in [7, 11) is 1.82. The minimum atomic E-state index is -0.558. The van der Waals surface area contributed by atoms with Crippen LogP contribution >= 0.6 is 0 Å². The van der Waals surface area contributed by atoms with Crippen LogP contribution in [0.5, 0.6) is 0 Å². The highest BCUT2D eigenvalue weighted by molar-refractivity contribution is 5.76. The minimum Gasteiger partial charge on any atom is -0.391 e. The molecule has 3 nitrogen and oxygen atoms in total. The van der Waals surface area contributed by atoms with Gasteiger partial charge in [-0.15, -0.1) is 0 Å². The Morgan fingerprint density at radius 2 is 2.08 bits per heavy atom. The smallest absolute Gasteiger partial charge is 0.132 e. The molecule has 1 unspecified atom stereocenters. The number of hydrogen-bond acceptors (Lipinski definition) is 3. The van der Waals surface area contributed by atoms with Gasteiger partial charge in [0.1, 0.15) is 5.78 Å². The zero-order chi connectivity index (χ0) is 10.4. The standard InChI is InChI=1S/C10H21NO2/c1-5-7(2)10(11-4)9(13)6-8(3)12/h7,9-11,13H,5-6H2,1-4H3/t7-,9+,10?/m0/s1. The lowest BCUT2D eigenvalue weighted by Gasteiger charge is -2.26. The number of likely N-dealkylation sites (N-methyl/N-ethyl adjacent to an activating group) is 1. The fourth-order valence-electron chi connectivity index (χ4n) is 1.53. The zero-order valence-corrected chi connectivity index (χ0v) is 9.00. The van der Waals surface area contributed by atoms with E-state index in [9.17, 15) is 9.90 Å². The molecule has 0 aromatic rings. The van der Waals surface area contributed by atoms with Gasteiger partial charge in [-0.3, -0.25) is 4.79 Å². The van der Waals surface area contributed by atoms with Crippen molar-refractivity contribution in [2.45, 2.75) is 45.8 Å². The first-order chi connectivity index (χ1) is 6.02. The van der Waals surface area contributed by atoms with Crippen LogP contribution in [-0.4, -0.2) is 30.1 Å². The molecule has 3 atom stereocenters. The topological polar surface area (TPSA) is 49.3 Å². The monoisotopic (exact) mass is 187 g/mol. The fourth-order valence-corrected chi connectivity index (χ4v) is 1.53. The third-order valence-electron chi connectivity index (χ3n) is 2.50. The highest BCUT2D eigenvalue weighted by Crippen LogP contribution is 2.13. The molecule has 0 bridgehead atoms. The molecule has 78 valence electrons. The number of aliphatic hydroxyl groups excluding tert-OH is 1. The molecular formula is C10H21NO2. The molecule has 0 fully saturated rings. The first-order valence-electron chi connectivity index (χ1n) is 4.87. The number of carbonyl (C=O) groups excluding carboxylic acids is 1. The van der Waals surface area contributed by atoms with Gasteiger partial charge < -0.3 is 10.4 Å². The molecule has 0 aliphatic carbocycles. The predicted molar refractivity (Wildman–Crippen MR) is 53.6 cm³/mol. The first kappa shape index (κ1) is 12.6. The summed E-state index contributed by atoms with van der Waals surface area (Å²) in [6.07, 6.45) is 0.688. The van der Waals surface area contributed by atoms with Crippen LogP contribution in [0.25, 0.3) is 0 Å². The summed E-state index contributed by atoms with van der Waals surface area (Å²) >= 11 is 0. The van der Waals surface area contributed by atoms with Crippen molar-refractivity contribution in [1.82, 2.24) is 5.32 Å². The second kappa shape index (κ2) is 6.11. The summed E-state index contributed by atoms with van der Waals surface area (Å²) in [5, 5.41) is 12.8. The summed E-state index contributed by atoms with van der Waals surface area (Å²) in [5.41, 5.74) is 0. The molecule has 0 radical (unpaired) electrons. The SMILES string of the molecule is CC[C@H](C)C(NC)[C@H](O)CC(C)=O. The summed E-state index contributed by atoms with van der Waals surface area (Å²) in [6.45, 7) is 5.66. The Morgan fingerprint density at radius 1 is 1.54 bits per heavy atom. The lowest BCUT2D eigenvalue weighted by molar-refractivity contribution is -0.119. The lowest BCUT2D eigenvalue weighted by atomic mass is 9.92. The number of rotatable bonds is 6. The van der Waals surface area contributed by atoms with E-state index >= 15 is 0 Å². The maximum atomic E-state index is 10.8. The van der Waals surface area contributed by atoms with Crippen LogP contribution in [0.2, 0.25) is 0 Å². The largest absolute Gasteiger partial charge is 0.391 e. The number of hydrogen-bond donors (Lipinski definition) is 2. The van der Waals surface area contributed by atoms with Crippen LogP contribution in [-0.2, 0) is 4.79 Å². The molecule has 0 aliphatic heterocycles. The third kappa shape index (κ3) is 4.39. The van der Waals surface area contributed by atoms with Crippen molar-refractivity contribution >= 4 is 5.78 Å². The van der Waals surface area contributed by atoms with Gasteiger partial charge in [-0.25, -0.2) is 0 Å². The molecule has 0 rings (SSSR count).